The molecule has 0 bridgehead atoms. The zero-order chi connectivity index (χ0) is 25.5. The minimum absolute atomic E-state index is 0.397. The number of anilines is 1. The lowest BCUT2D eigenvalue weighted by atomic mass is 9.84. The Balaban J connectivity index is 1.65. The molecule has 1 aromatic heterocycles. The average molecular weight is 499 g/mol. The van der Waals surface area contributed by atoms with E-state index < -0.39 is 12.1 Å². The molecule has 6 rings (SSSR count). The van der Waals surface area contributed by atoms with Gasteiger partial charge >= 0.3 is 0 Å². The average Bonchev–Trinajstić information content (AvgIpc) is 3.43. The Morgan fingerprint density at radius 2 is 1.54 bits per heavy atom. The second kappa shape index (κ2) is 9.09. The van der Waals surface area contributed by atoms with E-state index in [1.54, 1.807) is 28.4 Å². The number of hydrogen-bond acceptors (Lipinski definition) is 8. The molecule has 9 nitrogen and oxygen atoms in total. The summed E-state index contributed by atoms with van der Waals surface area (Å²) in [5, 5.41) is 8.11. The predicted octanol–water partition coefficient (Wildman–Crippen LogP) is 4.87. The van der Waals surface area contributed by atoms with E-state index in [-0.39, 0.29) is 0 Å². The van der Waals surface area contributed by atoms with Crippen molar-refractivity contribution in [3.05, 3.63) is 89.3 Å². The lowest BCUT2D eigenvalue weighted by molar-refractivity contribution is 0.217. The quantitative estimate of drug-likeness (QED) is 0.403. The highest BCUT2D eigenvalue weighted by Gasteiger charge is 2.42. The molecule has 0 unspecified atom stereocenters. The molecule has 0 amide bonds. The lowest BCUT2D eigenvalue weighted by Crippen LogP contribution is -2.32. The van der Waals surface area contributed by atoms with E-state index in [0.717, 1.165) is 39.5 Å². The zero-order valence-electron chi connectivity index (χ0n) is 20.9. The first-order valence-corrected chi connectivity index (χ1v) is 11.8. The van der Waals surface area contributed by atoms with Gasteiger partial charge in [0.2, 0.25) is 11.7 Å². The minimum Gasteiger partial charge on any atom is -0.496 e. The van der Waals surface area contributed by atoms with Crippen LogP contribution in [0.25, 0.3) is 5.70 Å². The van der Waals surface area contributed by atoms with Crippen LogP contribution in [0.2, 0.25) is 0 Å². The van der Waals surface area contributed by atoms with E-state index in [9.17, 15) is 0 Å². The van der Waals surface area contributed by atoms with Gasteiger partial charge in [-0.15, -0.1) is 0 Å². The molecule has 2 atom stereocenters. The maximum Gasteiger partial charge on any atom is 0.226 e. The van der Waals surface area contributed by atoms with Gasteiger partial charge in [-0.3, -0.25) is 0 Å². The summed E-state index contributed by atoms with van der Waals surface area (Å²) in [6.07, 6.45) is 1.06. The maximum atomic E-state index is 6.70. The molecular formula is C28H26N4O5. The summed E-state index contributed by atoms with van der Waals surface area (Å²) in [6.45, 7) is 0. The van der Waals surface area contributed by atoms with Gasteiger partial charge in [-0.25, -0.2) is 4.68 Å². The zero-order valence-corrected chi connectivity index (χ0v) is 20.9. The molecule has 3 aromatic carbocycles. The second-order valence-electron chi connectivity index (χ2n) is 8.58. The van der Waals surface area contributed by atoms with Gasteiger partial charge in [0.1, 0.15) is 23.9 Å². The first-order chi connectivity index (χ1) is 18.2. The van der Waals surface area contributed by atoms with Crippen molar-refractivity contribution in [1.29, 1.82) is 0 Å². The van der Waals surface area contributed by atoms with Crippen molar-refractivity contribution in [1.82, 2.24) is 14.8 Å². The van der Waals surface area contributed by atoms with Crippen LogP contribution in [0.15, 0.2) is 72.6 Å². The number of aromatic nitrogens is 3. The van der Waals surface area contributed by atoms with Crippen LogP contribution in [0, 0.1) is 0 Å². The molecule has 0 spiro atoms. The molecule has 9 heteroatoms. The topological polar surface area (TPSA) is 88.9 Å². The monoisotopic (exact) mass is 498 g/mol. The number of methoxy groups -OCH3 is 4. The molecule has 37 heavy (non-hydrogen) atoms. The van der Waals surface area contributed by atoms with Gasteiger partial charge in [0.15, 0.2) is 17.6 Å². The van der Waals surface area contributed by atoms with Crippen molar-refractivity contribution in [2.24, 2.45) is 0 Å². The summed E-state index contributed by atoms with van der Waals surface area (Å²) in [6, 6.07) is 19.3. The van der Waals surface area contributed by atoms with E-state index >= 15 is 0 Å². The highest BCUT2D eigenvalue weighted by atomic mass is 16.5. The van der Waals surface area contributed by atoms with Crippen LogP contribution in [0.1, 0.15) is 28.8 Å². The predicted molar refractivity (Wildman–Crippen MR) is 138 cm³/mol. The van der Waals surface area contributed by atoms with Crippen molar-refractivity contribution in [2.75, 3.05) is 33.8 Å². The summed E-state index contributed by atoms with van der Waals surface area (Å²) in [5.41, 5.74) is 4.58. The van der Waals surface area contributed by atoms with Gasteiger partial charge in [0.25, 0.3) is 0 Å². The van der Waals surface area contributed by atoms with E-state index in [2.05, 4.69) is 15.4 Å². The molecule has 3 heterocycles. The standard InChI is InChI=1S/C28H26N4O5/c1-33-19-11-7-6-10-18(19)26-23-24(17-9-5-8-12-20(17)37-26)31-28-29-15-30-32(28)25(23)16-13-21(34-2)27(36-4)22(14-16)35-3/h5-15,25-26H,1-4H3,(H,29,30,31)/t25-,26-/m1/s1. The Kier molecular flexibility index (Phi) is 5.60. The Labute approximate surface area is 214 Å². The van der Waals surface area contributed by atoms with Gasteiger partial charge in [-0.1, -0.05) is 30.3 Å². The molecule has 0 fully saturated rings. The van der Waals surface area contributed by atoms with Gasteiger partial charge < -0.3 is 29.0 Å². The van der Waals surface area contributed by atoms with Crippen molar-refractivity contribution in [3.63, 3.8) is 0 Å². The summed E-state index contributed by atoms with van der Waals surface area (Å²) >= 11 is 0. The van der Waals surface area contributed by atoms with E-state index in [4.69, 9.17) is 23.7 Å². The first-order valence-electron chi connectivity index (χ1n) is 11.8. The molecule has 1 N–H and O–H groups in total. The number of benzene rings is 3. The Hall–Kier alpha value is -4.66. The van der Waals surface area contributed by atoms with E-state index in [0.29, 0.717) is 23.2 Å². The molecule has 4 aromatic rings. The van der Waals surface area contributed by atoms with Crippen LogP contribution >= 0.6 is 0 Å². The molecule has 2 aliphatic heterocycles. The molecule has 0 saturated carbocycles. The Morgan fingerprint density at radius 1 is 0.838 bits per heavy atom. The number of nitrogens with one attached hydrogen (secondary N) is 1. The molecule has 2 aliphatic rings. The van der Waals surface area contributed by atoms with E-state index in [1.165, 1.54) is 6.33 Å². The first kappa shape index (κ1) is 22.8. The summed E-state index contributed by atoms with van der Waals surface area (Å²) in [4.78, 5) is 4.50. The highest BCUT2D eigenvalue weighted by Crippen LogP contribution is 2.53. The fourth-order valence-corrected chi connectivity index (χ4v) is 5.14. The Bertz CT molecular complexity index is 1490. The fraction of sp³-hybridized carbons (Fsp3) is 0.214. The maximum absolute atomic E-state index is 6.70. The van der Waals surface area contributed by atoms with Gasteiger partial charge in [0, 0.05) is 16.7 Å². The third-order valence-corrected chi connectivity index (χ3v) is 6.75. The molecule has 0 aliphatic carbocycles. The van der Waals surface area contributed by atoms with Crippen molar-refractivity contribution >= 4 is 11.6 Å². The van der Waals surface area contributed by atoms with Crippen molar-refractivity contribution in [3.8, 4) is 28.7 Å². The number of para-hydroxylation sites is 2. The molecule has 188 valence electrons. The van der Waals surface area contributed by atoms with Crippen LogP contribution in [0.4, 0.5) is 5.95 Å². The lowest BCUT2D eigenvalue weighted by Gasteiger charge is -2.39. The third kappa shape index (κ3) is 3.54. The minimum atomic E-state index is -0.477. The van der Waals surface area contributed by atoms with Crippen LogP contribution in [0.5, 0.6) is 28.7 Å². The smallest absolute Gasteiger partial charge is 0.226 e. The highest BCUT2D eigenvalue weighted by molar-refractivity contribution is 5.85. The van der Waals surface area contributed by atoms with Crippen LogP contribution < -0.4 is 29.0 Å². The molecule has 0 saturated heterocycles. The number of ether oxygens (including phenoxy) is 5. The fourth-order valence-electron chi connectivity index (χ4n) is 5.14. The number of rotatable bonds is 6. The normalized spacial score (nSPS) is 17.5. The number of nitrogens with zero attached hydrogens (tertiary/aromatic N) is 3. The largest absolute Gasteiger partial charge is 0.496 e. The number of fused-ring (bicyclic) bond motifs is 3. The Morgan fingerprint density at radius 3 is 2.27 bits per heavy atom. The summed E-state index contributed by atoms with van der Waals surface area (Å²) in [7, 11) is 6.46. The van der Waals surface area contributed by atoms with Crippen LogP contribution in [-0.4, -0.2) is 43.2 Å². The molecular weight excluding hydrogens is 472 g/mol. The van der Waals surface area contributed by atoms with Gasteiger partial charge in [-0.2, -0.15) is 10.1 Å². The summed E-state index contributed by atoms with van der Waals surface area (Å²) in [5.74, 6) is 3.72. The number of hydrogen-bond donors (Lipinski definition) is 1. The van der Waals surface area contributed by atoms with Gasteiger partial charge in [-0.05, 0) is 35.9 Å². The SMILES string of the molecule is COc1ccccc1[C@H]1Oc2ccccc2C2=C1[C@@H](c1cc(OC)c(OC)c(OC)c1)n1ncnc1N2. The summed E-state index contributed by atoms with van der Waals surface area (Å²) < 4.78 is 31.3. The van der Waals surface area contributed by atoms with Crippen molar-refractivity contribution in [2.45, 2.75) is 12.1 Å². The van der Waals surface area contributed by atoms with Crippen molar-refractivity contribution < 1.29 is 23.7 Å². The van der Waals surface area contributed by atoms with Crippen LogP contribution in [0.3, 0.4) is 0 Å². The molecule has 0 radical (unpaired) electrons. The third-order valence-electron chi connectivity index (χ3n) is 6.75. The van der Waals surface area contributed by atoms with Crippen LogP contribution in [-0.2, 0) is 0 Å². The van der Waals surface area contributed by atoms with E-state index in [1.807, 2.05) is 65.3 Å². The second-order valence-corrected chi connectivity index (χ2v) is 8.58. The van der Waals surface area contributed by atoms with Gasteiger partial charge in [0.05, 0.1) is 34.1 Å².